The summed E-state index contributed by atoms with van der Waals surface area (Å²) in [5.74, 6) is -0.699. The number of fused-ring (bicyclic) bond motifs is 1. The Hall–Kier alpha value is -3.53. The molecule has 0 atom stereocenters. The number of nitrogens with one attached hydrogen (secondary N) is 1. The van der Waals surface area contributed by atoms with Crippen molar-refractivity contribution in [2.24, 2.45) is 0 Å². The number of pyridine rings is 2. The highest BCUT2D eigenvalue weighted by atomic mass is 35.5. The highest BCUT2D eigenvalue weighted by molar-refractivity contribution is 6.31. The minimum absolute atomic E-state index is 0.0271. The monoisotopic (exact) mass is 446 g/mol. The van der Waals surface area contributed by atoms with Crippen molar-refractivity contribution in [3.63, 3.8) is 0 Å². The van der Waals surface area contributed by atoms with Crippen LogP contribution < -0.4 is 5.32 Å². The molecule has 0 aliphatic heterocycles. The van der Waals surface area contributed by atoms with Crippen LogP contribution in [0.2, 0.25) is 5.02 Å². The Balaban J connectivity index is 1.39. The van der Waals surface area contributed by atoms with Gasteiger partial charge in [-0.1, -0.05) is 11.6 Å². The van der Waals surface area contributed by atoms with Crippen molar-refractivity contribution in [3.8, 4) is 11.3 Å². The van der Waals surface area contributed by atoms with Gasteiger partial charge in [0.15, 0.2) is 5.65 Å². The number of hydrogen-bond donors (Lipinski definition) is 1. The molecule has 11 heteroatoms. The number of anilines is 1. The summed E-state index contributed by atoms with van der Waals surface area (Å²) in [5.41, 5.74) is 2.01. The Labute approximate surface area is 179 Å². The predicted molar refractivity (Wildman–Crippen MR) is 107 cm³/mol. The van der Waals surface area contributed by atoms with E-state index in [2.05, 4.69) is 25.3 Å². The van der Waals surface area contributed by atoms with E-state index in [1.165, 1.54) is 0 Å². The van der Waals surface area contributed by atoms with Crippen LogP contribution in [0.4, 0.5) is 19.0 Å². The van der Waals surface area contributed by atoms with Crippen molar-refractivity contribution >= 4 is 29.0 Å². The number of aromatic nitrogens is 5. The van der Waals surface area contributed by atoms with Gasteiger partial charge in [-0.05, 0) is 24.6 Å². The predicted octanol–water partition coefficient (Wildman–Crippen LogP) is 4.43. The number of nitrogens with zero attached hydrogens (tertiary/aromatic N) is 5. The number of rotatable bonds is 5. The molecular formula is C20H14ClF3N6O. The van der Waals surface area contributed by atoms with Gasteiger partial charge in [-0.15, -0.1) is 0 Å². The number of aryl methyl sites for hydroxylation is 1. The van der Waals surface area contributed by atoms with Crippen LogP contribution in [-0.2, 0) is 17.4 Å². The molecule has 0 fully saturated rings. The number of carbonyl (C=O) groups is 1. The first kappa shape index (κ1) is 20.7. The summed E-state index contributed by atoms with van der Waals surface area (Å²) in [6.07, 6.45) is 5.05. The van der Waals surface area contributed by atoms with Crippen LogP contribution in [0.3, 0.4) is 0 Å². The Kier molecular flexibility index (Phi) is 5.55. The van der Waals surface area contributed by atoms with Gasteiger partial charge in [-0.25, -0.2) is 9.97 Å². The minimum atomic E-state index is -4.64. The van der Waals surface area contributed by atoms with E-state index in [1.807, 2.05) is 10.5 Å². The second kappa shape index (κ2) is 8.31. The molecule has 0 saturated heterocycles. The van der Waals surface area contributed by atoms with Crippen molar-refractivity contribution in [2.75, 3.05) is 5.32 Å². The molecule has 0 spiro atoms. The minimum Gasteiger partial charge on any atom is -0.311 e. The van der Waals surface area contributed by atoms with Crippen molar-refractivity contribution in [1.82, 2.24) is 24.3 Å². The van der Waals surface area contributed by atoms with Crippen LogP contribution in [0, 0.1) is 0 Å². The third-order valence-corrected chi connectivity index (χ3v) is 4.78. The topological polar surface area (TPSA) is 85.1 Å². The lowest BCUT2D eigenvalue weighted by molar-refractivity contribution is -0.137. The van der Waals surface area contributed by atoms with Gasteiger partial charge in [-0.3, -0.25) is 19.2 Å². The first-order chi connectivity index (χ1) is 14.8. The molecule has 0 unspecified atom stereocenters. The Morgan fingerprint density at radius 2 is 1.94 bits per heavy atom. The van der Waals surface area contributed by atoms with Crippen LogP contribution >= 0.6 is 11.6 Å². The first-order valence-corrected chi connectivity index (χ1v) is 9.44. The van der Waals surface area contributed by atoms with Crippen molar-refractivity contribution < 1.29 is 18.0 Å². The molecule has 0 aromatic carbocycles. The highest BCUT2D eigenvalue weighted by Crippen LogP contribution is 2.35. The Morgan fingerprint density at radius 3 is 2.68 bits per heavy atom. The summed E-state index contributed by atoms with van der Waals surface area (Å²) in [4.78, 5) is 28.5. The summed E-state index contributed by atoms with van der Waals surface area (Å²) >= 11 is 5.53. The van der Waals surface area contributed by atoms with Gasteiger partial charge >= 0.3 is 6.18 Å². The van der Waals surface area contributed by atoms with Gasteiger partial charge < -0.3 is 5.32 Å². The molecule has 158 valence electrons. The maximum atomic E-state index is 12.9. The van der Waals surface area contributed by atoms with E-state index in [4.69, 9.17) is 11.6 Å². The standard InChI is InChI=1S/C20H14ClF3N6O/c21-15-9-27-17(7-14(15)20(22,23)24)29-19(31)4-3-13-2-1-12(8-26-13)16-10-28-18-11-25-5-6-30(16)18/h1-2,5-11H,3-4H2,(H,27,29,31). The van der Waals surface area contributed by atoms with Gasteiger partial charge in [0.1, 0.15) is 5.82 Å². The molecule has 31 heavy (non-hydrogen) atoms. The normalized spacial score (nSPS) is 11.6. The fraction of sp³-hybridized carbons (Fsp3) is 0.150. The number of imidazole rings is 1. The van der Waals surface area contributed by atoms with Crippen LogP contribution in [0.25, 0.3) is 16.9 Å². The molecular weight excluding hydrogens is 433 g/mol. The summed E-state index contributed by atoms with van der Waals surface area (Å²) < 4.78 is 40.6. The quantitative estimate of drug-likeness (QED) is 0.490. The average Bonchev–Trinajstić information content (AvgIpc) is 3.17. The zero-order valence-corrected chi connectivity index (χ0v) is 16.5. The lowest BCUT2D eigenvalue weighted by Gasteiger charge is -2.11. The van der Waals surface area contributed by atoms with E-state index in [0.29, 0.717) is 23.8 Å². The lowest BCUT2D eigenvalue weighted by Crippen LogP contribution is -2.15. The second-order valence-electron chi connectivity index (χ2n) is 6.58. The van der Waals surface area contributed by atoms with Gasteiger partial charge in [0, 0.05) is 42.5 Å². The van der Waals surface area contributed by atoms with E-state index >= 15 is 0 Å². The Bertz CT molecular complexity index is 1240. The molecule has 1 amide bonds. The zero-order valence-electron chi connectivity index (χ0n) is 15.8. The maximum absolute atomic E-state index is 12.9. The molecule has 0 aliphatic carbocycles. The van der Waals surface area contributed by atoms with Crippen LogP contribution in [0.15, 0.2) is 55.4 Å². The van der Waals surface area contributed by atoms with Crippen LogP contribution in [0.5, 0.6) is 0 Å². The summed E-state index contributed by atoms with van der Waals surface area (Å²) in [6, 6.07) is 4.35. The van der Waals surface area contributed by atoms with Gasteiger partial charge in [0.2, 0.25) is 5.91 Å². The molecule has 0 bridgehead atoms. The smallest absolute Gasteiger partial charge is 0.311 e. The van der Waals surface area contributed by atoms with E-state index in [0.717, 1.165) is 17.5 Å². The first-order valence-electron chi connectivity index (χ1n) is 9.06. The van der Waals surface area contributed by atoms with E-state index in [1.54, 1.807) is 37.1 Å². The molecule has 4 rings (SSSR count). The molecule has 4 heterocycles. The molecule has 0 aliphatic rings. The number of amides is 1. The summed E-state index contributed by atoms with van der Waals surface area (Å²) in [6.45, 7) is 0. The van der Waals surface area contributed by atoms with Gasteiger partial charge in [-0.2, -0.15) is 13.2 Å². The molecule has 4 aromatic heterocycles. The Morgan fingerprint density at radius 1 is 1.10 bits per heavy atom. The number of halogens is 4. The second-order valence-corrected chi connectivity index (χ2v) is 6.99. The molecule has 1 N–H and O–H groups in total. The molecule has 0 radical (unpaired) electrons. The number of alkyl halides is 3. The zero-order chi connectivity index (χ0) is 22.0. The lowest BCUT2D eigenvalue weighted by atomic mass is 10.1. The van der Waals surface area contributed by atoms with E-state index in [9.17, 15) is 18.0 Å². The van der Waals surface area contributed by atoms with Crippen molar-refractivity contribution in [3.05, 3.63) is 71.7 Å². The molecule has 0 saturated carbocycles. The highest BCUT2D eigenvalue weighted by Gasteiger charge is 2.33. The number of carbonyl (C=O) groups excluding carboxylic acids is 1. The average molecular weight is 447 g/mol. The van der Waals surface area contributed by atoms with Crippen LogP contribution in [0.1, 0.15) is 17.7 Å². The third-order valence-electron chi connectivity index (χ3n) is 4.47. The fourth-order valence-corrected chi connectivity index (χ4v) is 3.16. The molecule has 7 nitrogen and oxygen atoms in total. The SMILES string of the molecule is O=C(CCc1ccc(-c2cnc3cnccn23)cn1)Nc1cc(C(F)(F)F)c(Cl)cn1. The maximum Gasteiger partial charge on any atom is 0.418 e. The third kappa shape index (κ3) is 4.64. The van der Waals surface area contributed by atoms with Crippen LogP contribution in [-0.4, -0.2) is 30.2 Å². The van der Waals surface area contributed by atoms with Crippen molar-refractivity contribution in [2.45, 2.75) is 19.0 Å². The van der Waals surface area contributed by atoms with E-state index < -0.39 is 22.7 Å². The van der Waals surface area contributed by atoms with Gasteiger partial charge in [0.05, 0.1) is 28.7 Å². The number of hydrogen-bond acceptors (Lipinski definition) is 5. The largest absolute Gasteiger partial charge is 0.418 e. The molecule has 4 aromatic rings. The van der Waals surface area contributed by atoms with E-state index in [-0.39, 0.29) is 12.2 Å². The van der Waals surface area contributed by atoms with Crippen molar-refractivity contribution in [1.29, 1.82) is 0 Å². The fourth-order valence-electron chi connectivity index (χ4n) is 2.95. The summed E-state index contributed by atoms with van der Waals surface area (Å²) in [7, 11) is 0. The summed E-state index contributed by atoms with van der Waals surface area (Å²) in [5, 5.41) is 1.82. The van der Waals surface area contributed by atoms with Gasteiger partial charge in [0.25, 0.3) is 0 Å².